The molecule has 10 heteroatoms. The molecule has 0 radical (unpaired) electrons. The molecule has 3 rings (SSSR count). The van der Waals surface area contributed by atoms with E-state index in [-0.39, 0.29) is 23.4 Å². The highest BCUT2D eigenvalue weighted by molar-refractivity contribution is 9.10. The predicted molar refractivity (Wildman–Crippen MR) is 89.5 cm³/mol. The van der Waals surface area contributed by atoms with E-state index in [1.54, 1.807) is 17.8 Å². The number of carbonyl (C=O) groups excluding carboxylic acids is 1. The number of hydrogen-bond acceptors (Lipinski definition) is 4. The zero-order valence-electron chi connectivity index (χ0n) is 13.5. The molecule has 7 nitrogen and oxygen atoms in total. The molecule has 0 unspecified atom stereocenters. The molecule has 0 saturated heterocycles. The van der Waals surface area contributed by atoms with Gasteiger partial charge in [0.15, 0.2) is 5.65 Å². The molecule has 132 valence electrons. The fourth-order valence-corrected chi connectivity index (χ4v) is 2.96. The molecule has 0 aliphatic carbocycles. The monoisotopic (exact) mass is 412 g/mol. The number of halogens is 3. The van der Waals surface area contributed by atoms with Crippen molar-refractivity contribution in [3.8, 4) is 0 Å². The first-order valence-corrected chi connectivity index (χ1v) is 8.33. The molecule has 0 aromatic carbocycles. The number of carbonyl (C=O) groups is 1. The van der Waals surface area contributed by atoms with Crippen LogP contribution < -0.4 is 5.32 Å². The van der Waals surface area contributed by atoms with Crippen LogP contribution in [0.5, 0.6) is 0 Å². The second kappa shape index (κ2) is 6.87. The first-order chi connectivity index (χ1) is 11.9. The van der Waals surface area contributed by atoms with Gasteiger partial charge in [-0.25, -0.2) is 18.3 Å². The molecule has 0 aliphatic heterocycles. The molecule has 0 saturated carbocycles. The molecule has 1 amide bonds. The third-order valence-corrected chi connectivity index (χ3v) is 4.37. The van der Waals surface area contributed by atoms with Crippen molar-refractivity contribution >= 4 is 27.5 Å². The van der Waals surface area contributed by atoms with Crippen LogP contribution in [0.1, 0.15) is 40.8 Å². The fourth-order valence-electron chi connectivity index (χ4n) is 2.52. The van der Waals surface area contributed by atoms with Crippen LogP contribution in [0.15, 0.2) is 22.9 Å². The van der Waals surface area contributed by atoms with E-state index in [4.69, 9.17) is 0 Å². The molecule has 3 aromatic rings. The minimum Gasteiger partial charge on any atom is -0.346 e. The second-order valence-electron chi connectivity index (χ2n) is 5.35. The van der Waals surface area contributed by atoms with Crippen LogP contribution in [0.25, 0.3) is 5.65 Å². The van der Waals surface area contributed by atoms with Crippen molar-refractivity contribution in [1.82, 2.24) is 29.7 Å². The van der Waals surface area contributed by atoms with Crippen molar-refractivity contribution in [1.29, 1.82) is 0 Å². The highest BCUT2D eigenvalue weighted by Crippen LogP contribution is 2.22. The van der Waals surface area contributed by atoms with E-state index < -0.39 is 12.3 Å². The standard InChI is InChI=1S/C15H15BrF2N6O/c1-3-23-12(10(16)6-20-23)7-19-15(25)9-5-21-24-11(13(17)18)4-8(2)22-14(9)24/h4-6,13H,3,7H2,1-2H3,(H,19,25). The van der Waals surface area contributed by atoms with Crippen LogP contribution in [0.3, 0.4) is 0 Å². The SMILES string of the molecule is CCn1ncc(Br)c1CNC(=O)c1cnn2c(C(F)F)cc(C)nc12. The van der Waals surface area contributed by atoms with E-state index in [0.717, 1.165) is 14.7 Å². The van der Waals surface area contributed by atoms with Crippen molar-refractivity contribution in [2.24, 2.45) is 0 Å². The topological polar surface area (TPSA) is 77.1 Å². The van der Waals surface area contributed by atoms with Gasteiger partial charge in [0.1, 0.15) is 11.3 Å². The summed E-state index contributed by atoms with van der Waals surface area (Å²) in [6.07, 6.45) is 0.185. The first-order valence-electron chi connectivity index (χ1n) is 7.54. The van der Waals surface area contributed by atoms with Crippen LogP contribution in [-0.4, -0.2) is 30.3 Å². The lowest BCUT2D eigenvalue weighted by atomic mass is 10.2. The summed E-state index contributed by atoms with van der Waals surface area (Å²) in [4.78, 5) is 16.7. The number of aryl methyl sites for hydroxylation is 2. The van der Waals surface area contributed by atoms with Gasteiger partial charge in [-0.2, -0.15) is 10.2 Å². The smallest absolute Gasteiger partial charge is 0.280 e. The number of hydrogen-bond donors (Lipinski definition) is 1. The van der Waals surface area contributed by atoms with Crippen LogP contribution in [0, 0.1) is 6.92 Å². The summed E-state index contributed by atoms with van der Waals surface area (Å²) in [5.41, 5.74) is 1.15. The summed E-state index contributed by atoms with van der Waals surface area (Å²) < 4.78 is 29.8. The van der Waals surface area contributed by atoms with Crippen LogP contribution in [0.4, 0.5) is 8.78 Å². The molecular weight excluding hydrogens is 398 g/mol. The van der Waals surface area contributed by atoms with Crippen molar-refractivity contribution in [3.05, 3.63) is 45.6 Å². The molecule has 0 bridgehead atoms. The average molecular weight is 413 g/mol. The molecule has 1 N–H and O–H groups in total. The van der Waals surface area contributed by atoms with Crippen molar-refractivity contribution in [2.45, 2.75) is 33.4 Å². The van der Waals surface area contributed by atoms with Crippen LogP contribution in [0.2, 0.25) is 0 Å². The number of nitrogens with one attached hydrogen (secondary N) is 1. The average Bonchev–Trinajstić information content (AvgIpc) is 3.15. The summed E-state index contributed by atoms with van der Waals surface area (Å²) in [5, 5.41) is 10.8. The maximum atomic E-state index is 13.1. The van der Waals surface area contributed by atoms with Gasteiger partial charge in [0, 0.05) is 12.2 Å². The van der Waals surface area contributed by atoms with E-state index in [9.17, 15) is 13.6 Å². The first kappa shape index (κ1) is 17.5. The minimum absolute atomic E-state index is 0.107. The van der Waals surface area contributed by atoms with Gasteiger partial charge in [0.2, 0.25) is 0 Å². The van der Waals surface area contributed by atoms with E-state index in [1.165, 1.54) is 12.3 Å². The maximum Gasteiger partial charge on any atom is 0.280 e. The molecule has 0 atom stereocenters. The number of nitrogens with zero attached hydrogens (tertiary/aromatic N) is 5. The number of alkyl halides is 2. The minimum atomic E-state index is -2.71. The quantitative estimate of drug-likeness (QED) is 0.698. The third kappa shape index (κ3) is 3.26. The highest BCUT2D eigenvalue weighted by atomic mass is 79.9. The number of fused-ring (bicyclic) bond motifs is 1. The van der Waals surface area contributed by atoms with E-state index in [0.29, 0.717) is 12.2 Å². The Morgan fingerprint density at radius 3 is 2.80 bits per heavy atom. The van der Waals surface area contributed by atoms with Gasteiger partial charge in [0.25, 0.3) is 12.3 Å². The Bertz CT molecular complexity index is 936. The molecule has 3 aromatic heterocycles. The van der Waals surface area contributed by atoms with Gasteiger partial charge in [-0.3, -0.25) is 9.48 Å². The maximum absolute atomic E-state index is 13.1. The highest BCUT2D eigenvalue weighted by Gasteiger charge is 2.20. The summed E-state index contributed by atoms with van der Waals surface area (Å²) in [5.74, 6) is -0.441. The van der Waals surface area contributed by atoms with Gasteiger partial charge < -0.3 is 5.32 Å². The second-order valence-corrected chi connectivity index (χ2v) is 6.21. The van der Waals surface area contributed by atoms with Gasteiger partial charge in [0.05, 0.1) is 29.1 Å². The summed E-state index contributed by atoms with van der Waals surface area (Å²) >= 11 is 3.38. The van der Waals surface area contributed by atoms with Gasteiger partial charge in [-0.1, -0.05) is 0 Å². The van der Waals surface area contributed by atoms with E-state index in [2.05, 4.69) is 36.4 Å². The molecule has 3 heterocycles. The Balaban J connectivity index is 1.89. The molecule has 0 spiro atoms. The lowest BCUT2D eigenvalue weighted by Crippen LogP contribution is -2.24. The third-order valence-electron chi connectivity index (χ3n) is 3.71. The Labute approximate surface area is 150 Å². The van der Waals surface area contributed by atoms with Crippen molar-refractivity contribution in [3.63, 3.8) is 0 Å². The predicted octanol–water partition coefficient (Wildman–Crippen LogP) is 2.88. The zero-order chi connectivity index (χ0) is 18.1. The van der Waals surface area contributed by atoms with E-state index >= 15 is 0 Å². The largest absolute Gasteiger partial charge is 0.346 e. The number of amides is 1. The van der Waals surface area contributed by atoms with Crippen molar-refractivity contribution in [2.75, 3.05) is 0 Å². The van der Waals surface area contributed by atoms with Gasteiger partial charge in [-0.15, -0.1) is 0 Å². The Hall–Kier alpha value is -2.36. The number of rotatable bonds is 5. The molecule has 0 fully saturated rings. The van der Waals surface area contributed by atoms with Crippen LogP contribution >= 0.6 is 15.9 Å². The zero-order valence-corrected chi connectivity index (χ0v) is 15.1. The molecule has 25 heavy (non-hydrogen) atoms. The van der Waals surface area contributed by atoms with Crippen LogP contribution in [-0.2, 0) is 13.1 Å². The Morgan fingerprint density at radius 2 is 2.12 bits per heavy atom. The summed E-state index contributed by atoms with van der Waals surface area (Å²) in [6, 6.07) is 1.25. The normalized spacial score (nSPS) is 11.4. The van der Waals surface area contributed by atoms with E-state index in [1.807, 2.05) is 6.92 Å². The summed E-state index contributed by atoms with van der Waals surface area (Å²) in [6.45, 7) is 4.43. The van der Waals surface area contributed by atoms with Crippen molar-refractivity contribution < 1.29 is 13.6 Å². The molecular formula is C15H15BrF2N6O. The summed E-state index contributed by atoms with van der Waals surface area (Å²) in [7, 11) is 0. The lowest BCUT2D eigenvalue weighted by molar-refractivity contribution is 0.0951. The van der Waals surface area contributed by atoms with Gasteiger partial charge >= 0.3 is 0 Å². The Kier molecular flexibility index (Phi) is 4.80. The van der Waals surface area contributed by atoms with Gasteiger partial charge in [-0.05, 0) is 35.8 Å². The molecule has 0 aliphatic rings. The number of aromatic nitrogens is 5. The Morgan fingerprint density at radius 1 is 1.36 bits per heavy atom. The fraction of sp³-hybridized carbons (Fsp3) is 0.333. The lowest BCUT2D eigenvalue weighted by Gasteiger charge is -2.08.